The molecule has 0 heterocycles. The van der Waals surface area contributed by atoms with E-state index < -0.39 is 16.5 Å². The smallest absolute Gasteiger partial charge is 0.131 e. The van der Waals surface area contributed by atoms with Gasteiger partial charge in [-0.25, -0.2) is 0 Å². The highest BCUT2D eigenvalue weighted by Gasteiger charge is 2.31. The fourth-order valence-corrected chi connectivity index (χ4v) is 0.538. The molecule has 0 radical (unpaired) electrons. The van der Waals surface area contributed by atoms with Crippen LogP contribution in [0.25, 0.3) is 0 Å². The molecular weight excluding hydrogens is 238 g/mol. The van der Waals surface area contributed by atoms with Gasteiger partial charge in [0, 0.05) is 9.13 Å². The van der Waals surface area contributed by atoms with Gasteiger partial charge in [0.05, 0.1) is 0 Å². The van der Waals surface area contributed by atoms with Crippen LogP contribution in [0.4, 0.5) is 0 Å². The molecule has 7 heteroatoms. The Bertz CT molecular complexity index is 132. The quantitative estimate of drug-likeness (QED) is 0.583. The third kappa shape index (κ3) is 172. The van der Waals surface area contributed by atoms with Crippen molar-refractivity contribution in [2.75, 3.05) is 0 Å². The first-order valence-corrected chi connectivity index (χ1v) is 5.39. The molecule has 0 aliphatic heterocycles. The van der Waals surface area contributed by atoms with Gasteiger partial charge in [-0.3, -0.25) is 0 Å². The van der Waals surface area contributed by atoms with Crippen molar-refractivity contribution < 1.29 is 23.2 Å². The first-order chi connectivity index (χ1) is 7.13. The van der Waals surface area contributed by atoms with E-state index in [-0.39, 0.29) is 0 Å². The van der Waals surface area contributed by atoms with Crippen molar-refractivity contribution in [2.24, 2.45) is 0 Å². The molecule has 15 heavy (non-hydrogen) atoms. The van der Waals surface area contributed by atoms with E-state index in [0.29, 0.717) is 0 Å². The first kappa shape index (κ1) is 29.2. The largest absolute Gasteiger partial charge is 0.745 e. The summed E-state index contributed by atoms with van der Waals surface area (Å²) in [5.74, 6) is 0. The lowest BCUT2D eigenvalue weighted by Gasteiger charge is -1.50. The minimum absolute atomic E-state index is 2.92. The molecule has 0 aromatic rings. The van der Waals surface area contributed by atoms with Crippen LogP contribution >= 0.6 is 16.5 Å². The third-order valence-corrected chi connectivity index (χ3v) is 1.26. The number of hydrogen-bond acceptors (Lipinski definition) is 3. The third-order valence-electron chi connectivity index (χ3n) is 0.140. The van der Waals surface area contributed by atoms with E-state index >= 15 is 0 Å². The Balaban J connectivity index is -0.0000000353. The zero-order chi connectivity index (χ0) is 13.9. The molecule has 0 saturated heterocycles. The Kier molecular flexibility index (Phi) is 101. The maximum Gasteiger partial charge on any atom is 0.745 e. The molecule has 0 rings (SSSR count). The van der Waals surface area contributed by atoms with E-state index in [0.717, 1.165) is 0 Å². The Labute approximate surface area is 93.0 Å². The van der Waals surface area contributed by atoms with Gasteiger partial charge in [-0.15, -0.1) is 62.4 Å². The molecule has 2 unspecified atom stereocenters. The normalized spacial score (nSPS) is 7.33. The van der Waals surface area contributed by atoms with Gasteiger partial charge >= 0.3 is 16.5 Å². The summed E-state index contributed by atoms with van der Waals surface area (Å²) < 4.78 is 22.2. The summed E-state index contributed by atoms with van der Waals surface area (Å²) in [7, 11) is -5.85. The van der Waals surface area contributed by atoms with E-state index in [4.69, 9.17) is 9.79 Å². The summed E-state index contributed by atoms with van der Waals surface area (Å²) in [4.78, 5) is 15.3. The van der Waals surface area contributed by atoms with E-state index in [1.807, 2.05) is 0 Å². The van der Waals surface area contributed by atoms with Gasteiger partial charge in [0.15, 0.2) is 4.31 Å². The second kappa shape index (κ2) is 51.8. The van der Waals surface area contributed by atoms with Crippen molar-refractivity contribution in [1.29, 1.82) is 0 Å². The van der Waals surface area contributed by atoms with Crippen molar-refractivity contribution in [3.05, 3.63) is 52.6 Å². The summed E-state index contributed by atoms with van der Waals surface area (Å²) in [6.45, 7) is 24.0. The summed E-state index contributed by atoms with van der Waals surface area (Å²) in [5.41, 5.74) is 0. The van der Waals surface area contributed by atoms with Gasteiger partial charge in [-0.05, 0) is 0 Å². The van der Waals surface area contributed by atoms with Gasteiger partial charge in [0.1, 0.15) is 0 Å². The molecule has 0 saturated carbocycles. The molecule has 0 aromatic heterocycles. The highest BCUT2D eigenvalue weighted by Crippen LogP contribution is 2.30. The van der Waals surface area contributed by atoms with Crippen LogP contribution in [-0.2, 0) is 13.4 Å². The van der Waals surface area contributed by atoms with Crippen LogP contribution in [0.5, 0.6) is 0 Å². The molecule has 5 nitrogen and oxygen atoms in total. The summed E-state index contributed by atoms with van der Waals surface area (Å²) >= 11 is 0. The maximum atomic E-state index is 9.39. The number of rotatable bonds is 2. The summed E-state index contributed by atoms with van der Waals surface area (Å²) in [6.07, 6.45) is 0. The highest BCUT2D eigenvalue weighted by molar-refractivity contribution is 7.46. The molecule has 88 valence electrons. The molecule has 0 bridgehead atoms. The lowest BCUT2D eigenvalue weighted by molar-refractivity contribution is 0.371. The van der Waals surface area contributed by atoms with Crippen molar-refractivity contribution in [3.63, 3.8) is 0 Å². The predicted molar refractivity (Wildman–Crippen MR) is 65.8 cm³/mol. The number of hydrogen-bond donors (Lipinski definition) is 2. The van der Waals surface area contributed by atoms with Gasteiger partial charge in [-0.2, -0.15) is 0 Å². The zero-order valence-corrected chi connectivity index (χ0v) is 10.5. The van der Waals surface area contributed by atoms with Crippen molar-refractivity contribution in [2.45, 2.75) is 0 Å². The zero-order valence-electron chi connectivity index (χ0n) is 8.67. The van der Waals surface area contributed by atoms with Crippen molar-refractivity contribution in [3.8, 4) is 0 Å². The Morgan fingerprint density at radius 3 is 0.800 bits per heavy atom. The summed E-state index contributed by atoms with van der Waals surface area (Å²) in [5, 5.41) is 0. The van der Waals surface area contributed by atoms with Crippen LogP contribution in [0.2, 0.25) is 0 Å². The molecule has 2 atom stereocenters. The van der Waals surface area contributed by atoms with Gasteiger partial charge in [0.2, 0.25) is 0 Å². The Hall–Kier alpha value is -0.960. The lowest BCUT2D eigenvalue weighted by Crippen LogP contribution is -1.58. The molecule has 0 aromatic carbocycles. The van der Waals surface area contributed by atoms with Crippen LogP contribution in [0.15, 0.2) is 52.6 Å². The molecule has 0 spiro atoms. The molecule has 0 amide bonds. The van der Waals surface area contributed by atoms with E-state index in [1.54, 1.807) is 0 Å². The van der Waals surface area contributed by atoms with E-state index in [9.17, 15) is 9.13 Å². The molecule has 0 aliphatic carbocycles. The van der Waals surface area contributed by atoms with Gasteiger partial charge in [-0.1, -0.05) is 0 Å². The second-order valence-electron chi connectivity index (χ2n) is 0.557. The second-order valence-corrected chi connectivity index (χ2v) is 2.16. The molecule has 0 fully saturated rings. The lowest BCUT2D eigenvalue weighted by atomic mass is 11.3. The van der Waals surface area contributed by atoms with Crippen LogP contribution in [-0.4, -0.2) is 9.79 Å². The highest BCUT2D eigenvalue weighted by atomic mass is 31.2. The maximum absolute atomic E-state index is 9.39. The summed E-state index contributed by atoms with van der Waals surface area (Å²) in [6, 6.07) is 0. The van der Waals surface area contributed by atoms with Crippen LogP contribution in [0.1, 0.15) is 0 Å². The van der Waals surface area contributed by atoms with Gasteiger partial charge < -0.3 is 0 Å². The fraction of sp³-hybridized carbons (Fsp3) is 0. The van der Waals surface area contributed by atoms with Crippen molar-refractivity contribution in [1.82, 2.24) is 0 Å². The minimum atomic E-state index is -2.92. The van der Waals surface area contributed by atoms with Crippen LogP contribution in [0, 0.1) is 0 Å². The SMILES string of the molecule is C=C.C=C.C=C.C=C.O=[P+](O)O[P+](=O)O. The standard InChI is InChI=1S/4C2H4.O5P2/c4*1-2;1-6(2)5-7(3)4/h4*1-2H2;/p+2. The predicted octanol–water partition coefficient (Wildman–Crippen LogP) is 3.51. The first-order valence-electron chi connectivity index (χ1n) is 3.13. The van der Waals surface area contributed by atoms with E-state index in [1.165, 1.54) is 0 Å². The average Bonchev–Trinajstić information content (AvgIpc) is 2.27. The average molecular weight is 256 g/mol. The monoisotopic (exact) mass is 256 g/mol. The minimum Gasteiger partial charge on any atom is -0.131 e. The fourth-order valence-electron chi connectivity index (χ4n) is 0.0598. The Morgan fingerprint density at radius 2 is 0.800 bits per heavy atom. The van der Waals surface area contributed by atoms with Crippen molar-refractivity contribution >= 4 is 16.5 Å². The Morgan fingerprint density at radius 1 is 0.667 bits per heavy atom. The van der Waals surface area contributed by atoms with Gasteiger partial charge in [0.25, 0.3) is 0 Å². The topological polar surface area (TPSA) is 83.8 Å². The molecule has 2 N–H and O–H groups in total. The molecular formula is C8H18O5P2+2. The van der Waals surface area contributed by atoms with Crippen LogP contribution < -0.4 is 0 Å². The van der Waals surface area contributed by atoms with E-state index in [2.05, 4.69) is 56.9 Å². The van der Waals surface area contributed by atoms with Crippen LogP contribution in [0.3, 0.4) is 0 Å². The molecule has 0 aliphatic rings.